The van der Waals surface area contributed by atoms with Crippen LogP contribution in [0.2, 0.25) is 0 Å². The Labute approximate surface area is 373 Å². The Hall–Kier alpha value is -7.12. The second-order valence-electron chi connectivity index (χ2n) is 17.0. The predicted molar refractivity (Wildman–Crippen MR) is 232 cm³/mol. The third-order valence-electron chi connectivity index (χ3n) is 11.8. The summed E-state index contributed by atoms with van der Waals surface area (Å²) in [4.78, 5) is 54.4. The van der Waals surface area contributed by atoms with Crippen LogP contribution in [0.15, 0.2) is 107 Å². The summed E-state index contributed by atoms with van der Waals surface area (Å²) in [6.45, 7) is 2.45. The molecule has 0 saturated carbocycles. The highest BCUT2D eigenvalue weighted by Gasteiger charge is 2.70. The quantitative estimate of drug-likeness (QED) is 0.0795. The van der Waals surface area contributed by atoms with Crippen LogP contribution in [0.3, 0.4) is 0 Å². The second-order valence-corrected chi connectivity index (χ2v) is 17.0. The van der Waals surface area contributed by atoms with Crippen LogP contribution in [-0.2, 0) is 40.5 Å². The zero-order chi connectivity index (χ0) is 48.7. The van der Waals surface area contributed by atoms with E-state index in [0.717, 1.165) is 18.2 Å². The zero-order valence-corrected chi connectivity index (χ0v) is 35.8. The van der Waals surface area contributed by atoms with Crippen molar-refractivity contribution in [3.8, 4) is 22.3 Å². The van der Waals surface area contributed by atoms with Crippen LogP contribution in [0.5, 0.6) is 0 Å². The van der Waals surface area contributed by atoms with Gasteiger partial charge in [-0.25, -0.2) is 18.4 Å². The van der Waals surface area contributed by atoms with Crippen molar-refractivity contribution in [1.82, 2.24) is 18.3 Å². The van der Waals surface area contributed by atoms with E-state index in [4.69, 9.17) is 4.74 Å². The molecule has 11 nitrogen and oxygen atoms in total. The average Bonchev–Trinajstić information content (AvgIpc) is 3.65. The molecule has 0 unspecified atom stereocenters. The highest BCUT2D eigenvalue weighted by atomic mass is 19.4. The van der Waals surface area contributed by atoms with Gasteiger partial charge >= 0.3 is 24.3 Å². The third-order valence-corrected chi connectivity index (χ3v) is 11.8. The first kappa shape index (κ1) is 46.4. The molecule has 2 N–H and O–H groups in total. The molecule has 4 aromatic carbocycles. The lowest BCUT2D eigenvalue weighted by Gasteiger charge is -2.32. The van der Waals surface area contributed by atoms with Crippen LogP contribution in [0, 0.1) is 25.5 Å². The zero-order valence-electron chi connectivity index (χ0n) is 35.8. The lowest BCUT2D eigenvalue weighted by atomic mass is 9.97. The topological polar surface area (TPSA) is 138 Å². The highest BCUT2D eigenvalue weighted by molar-refractivity contribution is 6.08. The van der Waals surface area contributed by atoms with Crippen molar-refractivity contribution in [2.24, 2.45) is 0 Å². The molecule has 0 radical (unpaired) electrons. The van der Waals surface area contributed by atoms with E-state index in [1.54, 1.807) is 37.4 Å². The Morgan fingerprint density at radius 1 is 0.567 bits per heavy atom. The molecular formula is C48H38F8N4O7. The molecule has 8 rings (SSSR count). The number of halogens is 8. The summed E-state index contributed by atoms with van der Waals surface area (Å²) in [5, 5.41) is 21.6. The van der Waals surface area contributed by atoms with Gasteiger partial charge in [-0.3, -0.25) is 9.59 Å². The lowest BCUT2D eigenvalue weighted by Crippen LogP contribution is -2.60. The van der Waals surface area contributed by atoms with Gasteiger partial charge in [-0.1, -0.05) is 36.4 Å². The number of rotatable bonds is 10. The van der Waals surface area contributed by atoms with E-state index in [9.17, 15) is 64.5 Å². The fraction of sp³-hybridized carbons (Fsp3) is 0.250. The predicted octanol–water partition coefficient (Wildman–Crippen LogP) is 8.85. The number of pyridine rings is 2. The molecule has 0 aliphatic heterocycles. The first-order valence-electron chi connectivity index (χ1n) is 20.4. The number of aliphatic hydroxyl groups is 2. The number of hydrogen-bond donors (Lipinski definition) is 2. The maximum atomic E-state index is 15.0. The Morgan fingerprint density at radius 3 is 1.31 bits per heavy atom. The van der Waals surface area contributed by atoms with E-state index >= 15 is 0 Å². The first-order valence-corrected chi connectivity index (χ1v) is 20.4. The number of alkyl halides is 6. The van der Waals surface area contributed by atoms with Gasteiger partial charge in [0.25, 0.3) is 16.7 Å². The summed E-state index contributed by atoms with van der Waals surface area (Å²) < 4.78 is 123. The number of carbonyl (C=O) groups is 2. The molecule has 4 heterocycles. The van der Waals surface area contributed by atoms with E-state index in [1.807, 2.05) is 0 Å². The van der Waals surface area contributed by atoms with Crippen molar-refractivity contribution in [2.75, 3.05) is 0 Å². The molecule has 0 aliphatic rings. The summed E-state index contributed by atoms with van der Waals surface area (Å²) in [7, 11) is 0. The molecule has 0 amide bonds. The molecule has 0 fully saturated rings. The Kier molecular flexibility index (Phi) is 11.3. The van der Waals surface area contributed by atoms with Crippen molar-refractivity contribution < 1.29 is 59.7 Å². The molecule has 0 spiro atoms. The summed E-state index contributed by atoms with van der Waals surface area (Å²) in [6, 6.07) is 19.2. The molecule has 4 aromatic heterocycles. The minimum Gasteiger partial charge on any atom is -0.390 e. The van der Waals surface area contributed by atoms with E-state index in [2.05, 4.69) is 0 Å². The summed E-state index contributed by atoms with van der Waals surface area (Å²) in [5.41, 5.74) is -6.55. The number of fused-ring (bicyclic) bond motifs is 4. The van der Waals surface area contributed by atoms with Crippen LogP contribution < -0.4 is 11.1 Å². The van der Waals surface area contributed by atoms with Gasteiger partial charge in [-0.2, -0.15) is 26.3 Å². The molecule has 0 bridgehead atoms. The summed E-state index contributed by atoms with van der Waals surface area (Å²) in [5.74, 6) is -3.64. The molecule has 67 heavy (non-hydrogen) atoms. The van der Waals surface area contributed by atoms with Gasteiger partial charge in [0, 0.05) is 78.6 Å². The highest BCUT2D eigenvalue weighted by Crippen LogP contribution is 2.45. The molecule has 19 heteroatoms. The maximum absolute atomic E-state index is 15.0. The number of esters is 2. The Morgan fingerprint density at radius 2 is 0.940 bits per heavy atom. The SMILES string of the molecule is Cc1c(-c2cn(CC(C)(C)O)c(=O)c3ccccc23)c2cc(F)ccc2n1CC(=O)OC(=O)Cn1c(C)c(-c2cn(CC(O)(C(F)(F)F)C(F)(F)F)c(=O)c3ccccc23)c2cc(F)ccc21. The Bertz CT molecular complexity index is 3450. The second kappa shape index (κ2) is 16.3. The summed E-state index contributed by atoms with van der Waals surface area (Å²) >= 11 is 0. The third kappa shape index (κ3) is 8.15. The monoisotopic (exact) mass is 934 g/mol. The minimum absolute atomic E-state index is 0.00302. The van der Waals surface area contributed by atoms with Crippen LogP contribution in [0.1, 0.15) is 25.2 Å². The fourth-order valence-electron chi connectivity index (χ4n) is 8.77. The number of hydrogen-bond acceptors (Lipinski definition) is 7. The van der Waals surface area contributed by atoms with Crippen molar-refractivity contribution in [1.29, 1.82) is 0 Å². The lowest BCUT2D eigenvalue weighted by molar-refractivity contribution is -0.372. The van der Waals surface area contributed by atoms with Crippen LogP contribution in [0.25, 0.3) is 65.6 Å². The van der Waals surface area contributed by atoms with Gasteiger partial charge < -0.3 is 33.2 Å². The number of ether oxygens (including phenoxy) is 1. The number of nitrogens with zero attached hydrogens (tertiary/aromatic N) is 4. The normalized spacial score (nSPS) is 12.8. The van der Waals surface area contributed by atoms with E-state index < -0.39 is 72.3 Å². The van der Waals surface area contributed by atoms with Gasteiger partial charge in [0.15, 0.2) is 0 Å². The first-order chi connectivity index (χ1) is 31.3. The molecule has 0 aliphatic carbocycles. The van der Waals surface area contributed by atoms with Crippen molar-refractivity contribution in [3.05, 3.63) is 141 Å². The van der Waals surface area contributed by atoms with Gasteiger partial charge in [0.1, 0.15) is 24.7 Å². The molecule has 348 valence electrons. The Balaban J connectivity index is 1.17. The minimum atomic E-state index is -6.27. The van der Waals surface area contributed by atoms with Crippen LogP contribution >= 0.6 is 0 Å². The molecular weight excluding hydrogens is 897 g/mol. The maximum Gasteiger partial charge on any atom is 0.428 e. The van der Waals surface area contributed by atoms with Gasteiger partial charge in [0.05, 0.1) is 18.7 Å². The molecule has 0 saturated heterocycles. The molecule has 0 atom stereocenters. The van der Waals surface area contributed by atoms with Crippen molar-refractivity contribution in [2.45, 2.75) is 77.4 Å². The molecule has 8 aromatic rings. The average molecular weight is 935 g/mol. The fourth-order valence-corrected chi connectivity index (χ4v) is 8.77. The van der Waals surface area contributed by atoms with E-state index in [0.29, 0.717) is 44.7 Å². The standard InChI is InChI=1S/C48H38F8N4O7/c1-25-41(35-19-57(23-45(3,4)65)43(63)31-11-7-5-9-29(31)35)33-17-27(49)13-15-37(33)59(25)21-39(61)67-40(62)22-60-26(2)42(34-18-28(50)14-16-38(34)60)36-20-58(44(64)32-12-8-6-10-30(32)36)24-46(66,47(51,52)53)48(54,55)56/h5-20,65-66H,21-24H2,1-4H3. The summed E-state index contributed by atoms with van der Waals surface area (Å²) in [6.07, 6.45) is -10.3. The van der Waals surface area contributed by atoms with Crippen LogP contribution in [0.4, 0.5) is 35.1 Å². The number of benzene rings is 4. The van der Waals surface area contributed by atoms with Gasteiger partial charge in [0.2, 0.25) is 0 Å². The van der Waals surface area contributed by atoms with Crippen LogP contribution in [-0.4, -0.2) is 64.0 Å². The largest absolute Gasteiger partial charge is 0.428 e. The van der Waals surface area contributed by atoms with E-state index in [1.165, 1.54) is 76.9 Å². The number of carbonyl (C=O) groups excluding carboxylic acids is 2. The number of aromatic nitrogens is 4. The van der Waals surface area contributed by atoms with Gasteiger partial charge in [-0.05, 0) is 87.0 Å². The van der Waals surface area contributed by atoms with E-state index in [-0.39, 0.29) is 55.2 Å². The van der Waals surface area contributed by atoms with Crippen molar-refractivity contribution >= 4 is 55.3 Å². The van der Waals surface area contributed by atoms with Gasteiger partial charge in [-0.15, -0.1) is 0 Å². The smallest absolute Gasteiger partial charge is 0.390 e. The van der Waals surface area contributed by atoms with Crippen molar-refractivity contribution in [3.63, 3.8) is 0 Å².